The Morgan fingerprint density at radius 3 is 1.40 bits per heavy atom. The normalized spacial score (nSPS) is 13.5. The molecule has 19 heteroatoms. The maximum absolute atomic E-state index is 14.9. The molecule has 0 spiro atoms. The number of esters is 3. The fourth-order valence-corrected chi connectivity index (χ4v) is 3.83. The minimum absolute atomic E-state index is 0.158. The van der Waals surface area contributed by atoms with E-state index >= 15 is 0 Å². The van der Waals surface area contributed by atoms with Gasteiger partial charge in [0.2, 0.25) is 0 Å². The maximum Gasteiger partial charge on any atom is 0.384 e. The van der Waals surface area contributed by atoms with Crippen LogP contribution in [0.1, 0.15) is 58.3 Å². The van der Waals surface area contributed by atoms with Crippen LogP contribution in [0.25, 0.3) is 0 Å². The predicted molar refractivity (Wildman–Crippen MR) is 144 cm³/mol. The van der Waals surface area contributed by atoms with Gasteiger partial charge in [-0.05, 0) is 12.8 Å². The number of rotatable bonds is 24. The van der Waals surface area contributed by atoms with Gasteiger partial charge in [-0.15, -0.1) is 0 Å². The van der Waals surface area contributed by atoms with Gasteiger partial charge in [-0.1, -0.05) is 52.3 Å². The molecule has 0 aromatic heterocycles. The SMILES string of the molecule is C=CC(=O)OCC(CCC(F)(F)C(F)(F)C(F)(F)C(F)(F)C(F)(F)C(F)(F)CCCCCCC)(COC(=O)C=C)COC(=O)C(=C)CO. The van der Waals surface area contributed by atoms with Gasteiger partial charge < -0.3 is 19.3 Å². The fraction of sp³-hybridized carbons (Fsp3) is 0.690. The summed E-state index contributed by atoms with van der Waals surface area (Å²) in [7, 11) is 0. The topological polar surface area (TPSA) is 99.1 Å². The summed E-state index contributed by atoms with van der Waals surface area (Å²) in [5, 5.41) is 9.00. The molecule has 0 amide bonds. The van der Waals surface area contributed by atoms with E-state index in [1.165, 1.54) is 0 Å². The predicted octanol–water partition coefficient (Wildman–Crippen LogP) is 7.48. The van der Waals surface area contributed by atoms with Crippen molar-refractivity contribution in [2.24, 2.45) is 5.41 Å². The van der Waals surface area contributed by atoms with Gasteiger partial charge in [0.25, 0.3) is 0 Å². The number of alkyl halides is 12. The standard InChI is InChI=1S/C29H36F12O7/c1-5-8-9-10-11-12-24(30,31)26(34,35)28(38,39)29(40,41)27(36,37)25(32,33)14-13-23(16-46-20(43)6-2,17-47-21(44)7-3)18-48-22(45)19(4)15-42/h6-7,42H,2-5,8-18H2,1H3. The number of unbranched alkanes of at least 4 members (excludes halogenated alkanes) is 4. The van der Waals surface area contributed by atoms with Crippen LogP contribution >= 0.6 is 0 Å². The van der Waals surface area contributed by atoms with Crippen LogP contribution in [-0.4, -0.2) is 85.0 Å². The average molecular weight is 725 g/mol. The van der Waals surface area contributed by atoms with E-state index in [0.717, 1.165) is 0 Å². The first kappa shape index (κ1) is 44.8. The molecule has 0 atom stereocenters. The van der Waals surface area contributed by atoms with Crippen LogP contribution in [0.5, 0.6) is 0 Å². The van der Waals surface area contributed by atoms with Crippen LogP contribution in [-0.2, 0) is 28.6 Å². The molecule has 278 valence electrons. The van der Waals surface area contributed by atoms with Gasteiger partial charge in [-0.25, -0.2) is 14.4 Å². The Morgan fingerprint density at radius 2 is 1.00 bits per heavy atom. The molecule has 0 rings (SSSR count). The van der Waals surface area contributed by atoms with Gasteiger partial charge in [0.1, 0.15) is 19.8 Å². The minimum atomic E-state index is -7.82. The molecule has 0 unspecified atom stereocenters. The van der Waals surface area contributed by atoms with Crippen molar-refractivity contribution >= 4 is 17.9 Å². The summed E-state index contributed by atoms with van der Waals surface area (Å²) in [5.74, 6) is -46.9. The van der Waals surface area contributed by atoms with E-state index in [2.05, 4.69) is 33.9 Å². The van der Waals surface area contributed by atoms with Crippen LogP contribution in [0.2, 0.25) is 0 Å². The van der Waals surface area contributed by atoms with Crippen molar-refractivity contribution in [1.29, 1.82) is 0 Å². The monoisotopic (exact) mass is 724 g/mol. The number of halogens is 12. The second-order valence-corrected chi connectivity index (χ2v) is 10.8. The number of ether oxygens (including phenoxy) is 3. The second kappa shape index (κ2) is 17.4. The number of aliphatic hydroxyl groups is 1. The molecular formula is C29H36F12O7. The minimum Gasteiger partial charge on any atom is -0.462 e. The molecule has 0 aliphatic carbocycles. The Balaban J connectivity index is 6.63. The number of carbonyl (C=O) groups is 3. The van der Waals surface area contributed by atoms with Gasteiger partial charge in [-0.3, -0.25) is 0 Å². The molecular weight excluding hydrogens is 688 g/mol. The second-order valence-electron chi connectivity index (χ2n) is 10.8. The molecule has 0 saturated heterocycles. The number of hydrogen-bond acceptors (Lipinski definition) is 7. The highest BCUT2D eigenvalue weighted by Crippen LogP contribution is 2.61. The Bertz CT molecular complexity index is 1120. The van der Waals surface area contributed by atoms with Crippen molar-refractivity contribution < 1.29 is 86.4 Å². The van der Waals surface area contributed by atoms with Gasteiger partial charge in [0, 0.05) is 25.0 Å². The third-order valence-corrected chi connectivity index (χ3v) is 7.03. The average Bonchev–Trinajstić information content (AvgIpc) is 3.02. The van der Waals surface area contributed by atoms with Crippen molar-refractivity contribution in [2.45, 2.75) is 93.8 Å². The van der Waals surface area contributed by atoms with Crippen LogP contribution in [0.3, 0.4) is 0 Å². The Hall–Kier alpha value is -3.25. The summed E-state index contributed by atoms with van der Waals surface area (Å²) < 4.78 is 188. The molecule has 0 saturated carbocycles. The van der Waals surface area contributed by atoms with Crippen LogP contribution in [0.15, 0.2) is 37.5 Å². The zero-order valence-corrected chi connectivity index (χ0v) is 25.7. The molecule has 0 radical (unpaired) electrons. The molecule has 0 aromatic rings. The first-order valence-corrected chi connectivity index (χ1v) is 14.1. The molecule has 48 heavy (non-hydrogen) atoms. The van der Waals surface area contributed by atoms with E-state index in [9.17, 15) is 67.1 Å². The summed E-state index contributed by atoms with van der Waals surface area (Å²) >= 11 is 0. The van der Waals surface area contributed by atoms with Crippen molar-refractivity contribution in [3.8, 4) is 0 Å². The van der Waals surface area contributed by atoms with Gasteiger partial charge in [-0.2, -0.15) is 52.7 Å². The van der Waals surface area contributed by atoms with E-state index < -0.39 is 117 Å². The molecule has 0 aliphatic heterocycles. The van der Waals surface area contributed by atoms with Crippen molar-refractivity contribution in [1.82, 2.24) is 0 Å². The van der Waals surface area contributed by atoms with E-state index in [-0.39, 0.29) is 12.8 Å². The van der Waals surface area contributed by atoms with Gasteiger partial charge >= 0.3 is 53.4 Å². The van der Waals surface area contributed by atoms with Crippen molar-refractivity contribution in [3.63, 3.8) is 0 Å². The smallest absolute Gasteiger partial charge is 0.384 e. The lowest BCUT2D eigenvalue weighted by Gasteiger charge is -2.42. The summed E-state index contributed by atoms with van der Waals surface area (Å²) in [5.41, 5.74) is -3.28. The molecule has 7 nitrogen and oxygen atoms in total. The summed E-state index contributed by atoms with van der Waals surface area (Å²) in [6.07, 6.45) is -5.69. The number of hydrogen-bond donors (Lipinski definition) is 1. The lowest BCUT2D eigenvalue weighted by Crippen LogP contribution is -2.70. The zero-order chi connectivity index (χ0) is 37.8. The molecule has 0 fully saturated rings. The van der Waals surface area contributed by atoms with Crippen LogP contribution < -0.4 is 0 Å². The van der Waals surface area contributed by atoms with Crippen LogP contribution in [0.4, 0.5) is 52.7 Å². The Labute approximate surface area is 267 Å². The highest BCUT2D eigenvalue weighted by Gasteiger charge is 2.89. The highest BCUT2D eigenvalue weighted by molar-refractivity contribution is 5.88. The third-order valence-electron chi connectivity index (χ3n) is 7.03. The third kappa shape index (κ3) is 10.4. The molecule has 0 bridgehead atoms. The molecule has 0 aliphatic rings. The van der Waals surface area contributed by atoms with E-state index in [1.54, 1.807) is 6.92 Å². The zero-order valence-electron chi connectivity index (χ0n) is 25.7. The van der Waals surface area contributed by atoms with Crippen molar-refractivity contribution in [2.75, 3.05) is 26.4 Å². The highest BCUT2D eigenvalue weighted by atomic mass is 19.4. The summed E-state index contributed by atoms with van der Waals surface area (Å²) in [4.78, 5) is 35.3. The Morgan fingerprint density at radius 1 is 0.604 bits per heavy atom. The fourth-order valence-electron chi connectivity index (χ4n) is 3.83. The lowest BCUT2D eigenvalue weighted by atomic mass is 9.81. The lowest BCUT2D eigenvalue weighted by molar-refractivity contribution is -0.426. The van der Waals surface area contributed by atoms with Gasteiger partial charge in [0.15, 0.2) is 0 Å². The number of aliphatic hydroxyl groups excluding tert-OH is 1. The molecule has 1 N–H and O–H groups in total. The van der Waals surface area contributed by atoms with E-state index in [4.69, 9.17) is 5.11 Å². The molecule has 0 aromatic carbocycles. The Kier molecular flexibility index (Phi) is 16.2. The van der Waals surface area contributed by atoms with E-state index in [1.807, 2.05) is 0 Å². The summed E-state index contributed by atoms with van der Waals surface area (Å²) in [6, 6.07) is 0. The molecule has 0 heterocycles. The van der Waals surface area contributed by atoms with Crippen molar-refractivity contribution in [3.05, 3.63) is 37.5 Å². The first-order chi connectivity index (χ1) is 21.8. The number of carbonyl (C=O) groups excluding carboxylic acids is 3. The van der Waals surface area contributed by atoms with Crippen LogP contribution in [0, 0.1) is 5.41 Å². The largest absolute Gasteiger partial charge is 0.462 e. The van der Waals surface area contributed by atoms with Gasteiger partial charge in [0.05, 0.1) is 17.6 Å². The quantitative estimate of drug-likeness (QED) is 0.0363. The van der Waals surface area contributed by atoms with E-state index in [0.29, 0.717) is 25.0 Å². The first-order valence-electron chi connectivity index (χ1n) is 14.1. The summed E-state index contributed by atoms with van der Waals surface area (Å²) in [6.45, 7) is 5.74. The maximum atomic E-state index is 14.9.